The number of carbonyl (C=O) groups is 2. The molecule has 0 radical (unpaired) electrons. The lowest BCUT2D eigenvalue weighted by Gasteiger charge is -2.36. The van der Waals surface area contributed by atoms with Gasteiger partial charge >= 0.3 is 5.97 Å². The Morgan fingerprint density at radius 3 is 2.56 bits per heavy atom. The second-order valence-electron chi connectivity index (χ2n) is 6.16. The van der Waals surface area contributed by atoms with Gasteiger partial charge in [-0.2, -0.15) is 0 Å². The largest absolute Gasteiger partial charge is 0.478 e. The summed E-state index contributed by atoms with van der Waals surface area (Å²) in [5.74, 6) is -1.01. The van der Waals surface area contributed by atoms with Crippen LogP contribution < -0.4 is 0 Å². The molecule has 0 saturated carbocycles. The summed E-state index contributed by atoms with van der Waals surface area (Å²) in [7, 11) is 0. The molecular formula is C19H21NO5. The molecule has 2 aromatic rings. The molecule has 1 aliphatic heterocycles. The third kappa shape index (κ3) is 3.58. The van der Waals surface area contributed by atoms with Crippen molar-refractivity contribution in [1.82, 2.24) is 4.90 Å². The highest BCUT2D eigenvalue weighted by Gasteiger charge is 2.32. The zero-order valence-electron chi connectivity index (χ0n) is 14.3. The monoisotopic (exact) mass is 343 g/mol. The van der Waals surface area contributed by atoms with Crippen LogP contribution in [0.15, 0.2) is 40.8 Å². The maximum atomic E-state index is 12.8. The van der Waals surface area contributed by atoms with E-state index in [4.69, 9.17) is 9.15 Å². The van der Waals surface area contributed by atoms with E-state index in [1.165, 1.54) is 6.07 Å². The summed E-state index contributed by atoms with van der Waals surface area (Å²) in [4.78, 5) is 25.7. The summed E-state index contributed by atoms with van der Waals surface area (Å²) in [6.07, 6.45) is 0.0806. The van der Waals surface area contributed by atoms with Gasteiger partial charge in [0.15, 0.2) is 5.76 Å². The smallest absolute Gasteiger partial charge is 0.339 e. The number of carboxylic acids is 1. The Morgan fingerprint density at radius 2 is 1.96 bits per heavy atom. The van der Waals surface area contributed by atoms with Crippen LogP contribution in [0.2, 0.25) is 0 Å². The van der Waals surface area contributed by atoms with Crippen LogP contribution >= 0.6 is 0 Å². The third-order valence-corrected chi connectivity index (χ3v) is 4.29. The Hall–Kier alpha value is -2.60. The number of aryl methyl sites for hydroxylation is 1. The van der Waals surface area contributed by atoms with Crippen molar-refractivity contribution in [1.29, 1.82) is 0 Å². The van der Waals surface area contributed by atoms with Gasteiger partial charge in [-0.05, 0) is 12.5 Å². The van der Waals surface area contributed by atoms with Gasteiger partial charge in [0.2, 0.25) is 0 Å². The molecule has 0 bridgehead atoms. The van der Waals surface area contributed by atoms with Crippen molar-refractivity contribution in [2.75, 3.05) is 13.1 Å². The highest BCUT2D eigenvalue weighted by molar-refractivity contribution is 5.96. The number of hydrogen-bond donors (Lipinski definition) is 1. The van der Waals surface area contributed by atoms with Crippen molar-refractivity contribution < 1.29 is 23.8 Å². The highest BCUT2D eigenvalue weighted by Crippen LogP contribution is 2.27. The Labute approximate surface area is 146 Å². The number of nitrogens with zero attached hydrogens (tertiary/aromatic N) is 1. The lowest BCUT2D eigenvalue weighted by Crippen LogP contribution is -2.45. The fourth-order valence-corrected chi connectivity index (χ4v) is 3.10. The van der Waals surface area contributed by atoms with Crippen LogP contribution in [0.4, 0.5) is 0 Å². The van der Waals surface area contributed by atoms with Crippen LogP contribution in [0.5, 0.6) is 0 Å². The van der Waals surface area contributed by atoms with E-state index in [9.17, 15) is 14.7 Å². The Kier molecular flexibility index (Phi) is 4.90. The second-order valence-corrected chi connectivity index (χ2v) is 6.16. The molecule has 25 heavy (non-hydrogen) atoms. The molecule has 0 spiro atoms. The maximum absolute atomic E-state index is 12.8. The zero-order valence-corrected chi connectivity index (χ0v) is 14.3. The van der Waals surface area contributed by atoms with Gasteiger partial charge in [-0.25, -0.2) is 4.79 Å². The number of carbonyl (C=O) groups excluding carboxylic acids is 1. The van der Waals surface area contributed by atoms with Crippen molar-refractivity contribution in [2.45, 2.75) is 32.5 Å². The molecule has 6 nitrogen and oxygen atoms in total. The van der Waals surface area contributed by atoms with Crippen LogP contribution in [0.1, 0.15) is 52.2 Å². The standard InChI is InChI=1S/C19H21NO5/c1-3-15-14(19(22)23)9-16(25-15)18(21)20-10-12(2)24-17(11-20)13-7-5-4-6-8-13/h4-9,12,17H,3,10-11H2,1-2H3,(H,22,23). The Morgan fingerprint density at radius 1 is 1.24 bits per heavy atom. The molecular weight excluding hydrogens is 322 g/mol. The molecule has 1 fully saturated rings. The van der Waals surface area contributed by atoms with Crippen LogP contribution in [0.3, 0.4) is 0 Å². The van der Waals surface area contributed by atoms with E-state index in [0.717, 1.165) is 5.56 Å². The number of hydrogen-bond acceptors (Lipinski definition) is 4. The van der Waals surface area contributed by atoms with Gasteiger partial charge < -0.3 is 19.2 Å². The van der Waals surface area contributed by atoms with Crippen molar-refractivity contribution in [3.05, 3.63) is 59.0 Å². The first kappa shape index (κ1) is 17.2. The Balaban J connectivity index is 1.83. The molecule has 6 heteroatoms. The van der Waals surface area contributed by atoms with E-state index < -0.39 is 5.97 Å². The molecule has 1 aliphatic rings. The first-order valence-corrected chi connectivity index (χ1v) is 8.35. The average molecular weight is 343 g/mol. The number of furan rings is 1. The van der Waals surface area contributed by atoms with Crippen LogP contribution in [0.25, 0.3) is 0 Å². The highest BCUT2D eigenvalue weighted by atomic mass is 16.5. The number of benzene rings is 1. The lowest BCUT2D eigenvalue weighted by atomic mass is 10.1. The molecule has 0 aliphatic carbocycles. The second kappa shape index (κ2) is 7.11. The van der Waals surface area contributed by atoms with E-state index in [1.54, 1.807) is 11.8 Å². The first-order valence-electron chi connectivity index (χ1n) is 8.35. The first-order chi connectivity index (χ1) is 12.0. The van der Waals surface area contributed by atoms with Gasteiger partial charge in [-0.15, -0.1) is 0 Å². The predicted molar refractivity (Wildman–Crippen MR) is 90.7 cm³/mol. The molecule has 1 N–H and O–H groups in total. The van der Waals surface area contributed by atoms with Gasteiger partial charge in [0.05, 0.1) is 12.6 Å². The molecule has 1 aromatic heterocycles. The lowest BCUT2D eigenvalue weighted by molar-refractivity contribution is -0.0697. The number of amides is 1. The van der Waals surface area contributed by atoms with Crippen molar-refractivity contribution in [3.8, 4) is 0 Å². The molecule has 1 aromatic carbocycles. The van der Waals surface area contributed by atoms with E-state index >= 15 is 0 Å². The molecule has 1 saturated heterocycles. The molecule has 2 heterocycles. The van der Waals surface area contributed by atoms with Crippen molar-refractivity contribution >= 4 is 11.9 Å². The molecule has 132 valence electrons. The average Bonchev–Trinajstić information content (AvgIpc) is 3.06. The van der Waals surface area contributed by atoms with E-state index in [1.807, 2.05) is 37.3 Å². The molecule has 3 rings (SSSR count). The van der Waals surface area contributed by atoms with Crippen molar-refractivity contribution in [2.24, 2.45) is 0 Å². The van der Waals surface area contributed by atoms with E-state index in [0.29, 0.717) is 25.3 Å². The number of morpholine rings is 1. The summed E-state index contributed by atoms with van der Waals surface area (Å²) in [6, 6.07) is 11.1. The predicted octanol–water partition coefficient (Wildman–Crippen LogP) is 3.14. The minimum absolute atomic E-state index is 0.0479. The number of carboxylic acid groups (broad SMARTS) is 1. The van der Waals surface area contributed by atoms with Gasteiger partial charge in [-0.3, -0.25) is 4.79 Å². The summed E-state index contributed by atoms with van der Waals surface area (Å²) < 4.78 is 11.5. The maximum Gasteiger partial charge on any atom is 0.339 e. The zero-order chi connectivity index (χ0) is 18.0. The molecule has 2 unspecified atom stereocenters. The summed E-state index contributed by atoms with van der Waals surface area (Å²) in [6.45, 7) is 4.55. The number of rotatable bonds is 4. The summed E-state index contributed by atoms with van der Waals surface area (Å²) in [5, 5.41) is 9.23. The SMILES string of the molecule is CCc1oc(C(=O)N2CC(C)OC(c3ccccc3)C2)cc1C(=O)O. The third-order valence-electron chi connectivity index (χ3n) is 4.29. The number of aromatic carboxylic acids is 1. The number of ether oxygens (including phenoxy) is 1. The topological polar surface area (TPSA) is 80.0 Å². The van der Waals surface area contributed by atoms with Gasteiger partial charge in [0.25, 0.3) is 5.91 Å². The fourth-order valence-electron chi connectivity index (χ4n) is 3.10. The summed E-state index contributed by atoms with van der Waals surface area (Å²) >= 11 is 0. The molecule has 2 atom stereocenters. The molecule has 1 amide bonds. The van der Waals surface area contributed by atoms with Crippen LogP contribution in [0, 0.1) is 0 Å². The van der Waals surface area contributed by atoms with E-state index in [-0.39, 0.29) is 29.4 Å². The summed E-state index contributed by atoms with van der Waals surface area (Å²) in [5.41, 5.74) is 1.05. The van der Waals surface area contributed by atoms with Crippen molar-refractivity contribution in [3.63, 3.8) is 0 Å². The van der Waals surface area contributed by atoms with Crippen LogP contribution in [-0.4, -0.2) is 41.1 Å². The minimum Gasteiger partial charge on any atom is -0.478 e. The van der Waals surface area contributed by atoms with E-state index in [2.05, 4.69) is 0 Å². The van der Waals surface area contributed by atoms with Gasteiger partial charge in [-0.1, -0.05) is 37.3 Å². The van der Waals surface area contributed by atoms with Gasteiger partial charge in [0, 0.05) is 19.0 Å². The van der Waals surface area contributed by atoms with Gasteiger partial charge in [0.1, 0.15) is 17.4 Å². The minimum atomic E-state index is -1.09. The fraction of sp³-hybridized carbons (Fsp3) is 0.368. The Bertz CT molecular complexity index is 767. The van der Waals surface area contributed by atoms with Crippen LogP contribution in [-0.2, 0) is 11.2 Å². The quantitative estimate of drug-likeness (QED) is 0.922. The normalized spacial score (nSPS) is 20.5.